The van der Waals surface area contributed by atoms with Crippen LogP contribution in [0.2, 0.25) is 0 Å². The number of amides is 1. The van der Waals surface area contributed by atoms with Gasteiger partial charge in [0.15, 0.2) is 11.4 Å². The standard InChI is InChI=1S/C11H8N4O5/c16-10(6-4-5-9(13-6)15(19)20)14-8-3-1-2-7(12-8)11(17)18/h1-5,13H,(H,17,18)(H,12,14,16). The van der Waals surface area contributed by atoms with Crippen molar-refractivity contribution in [1.29, 1.82) is 0 Å². The average molecular weight is 276 g/mol. The number of carbonyl (C=O) groups excluding carboxylic acids is 1. The van der Waals surface area contributed by atoms with Crippen LogP contribution >= 0.6 is 0 Å². The summed E-state index contributed by atoms with van der Waals surface area (Å²) in [4.78, 5) is 38.3. The van der Waals surface area contributed by atoms with E-state index in [1.165, 1.54) is 24.3 Å². The summed E-state index contributed by atoms with van der Waals surface area (Å²) in [5.74, 6) is -2.17. The van der Waals surface area contributed by atoms with Gasteiger partial charge in [0.1, 0.15) is 5.82 Å². The molecule has 0 atom stereocenters. The summed E-state index contributed by atoms with van der Waals surface area (Å²) >= 11 is 0. The highest BCUT2D eigenvalue weighted by atomic mass is 16.6. The molecule has 2 heterocycles. The number of anilines is 1. The summed E-state index contributed by atoms with van der Waals surface area (Å²) < 4.78 is 0. The minimum absolute atomic E-state index is 0.0285. The number of carboxylic acids is 1. The second-order valence-electron chi connectivity index (χ2n) is 3.68. The second kappa shape index (κ2) is 5.18. The van der Waals surface area contributed by atoms with Gasteiger partial charge in [-0.1, -0.05) is 6.07 Å². The maximum absolute atomic E-state index is 11.8. The Balaban J connectivity index is 2.16. The van der Waals surface area contributed by atoms with Crippen molar-refractivity contribution >= 4 is 23.5 Å². The monoisotopic (exact) mass is 276 g/mol. The molecule has 0 aliphatic carbocycles. The van der Waals surface area contributed by atoms with E-state index < -0.39 is 16.8 Å². The summed E-state index contributed by atoms with van der Waals surface area (Å²) in [7, 11) is 0. The Labute approximate surface area is 111 Å². The largest absolute Gasteiger partial charge is 0.477 e. The zero-order chi connectivity index (χ0) is 14.7. The van der Waals surface area contributed by atoms with Crippen LogP contribution in [-0.4, -0.2) is 31.9 Å². The van der Waals surface area contributed by atoms with E-state index in [-0.39, 0.29) is 23.0 Å². The zero-order valence-electron chi connectivity index (χ0n) is 9.86. The van der Waals surface area contributed by atoms with Crippen molar-refractivity contribution in [3.63, 3.8) is 0 Å². The highest BCUT2D eigenvalue weighted by molar-refractivity contribution is 6.02. The van der Waals surface area contributed by atoms with Gasteiger partial charge in [-0.2, -0.15) is 0 Å². The van der Waals surface area contributed by atoms with E-state index in [4.69, 9.17) is 5.11 Å². The summed E-state index contributed by atoms with van der Waals surface area (Å²) in [6.07, 6.45) is 0. The Kier molecular flexibility index (Phi) is 3.42. The molecule has 0 fully saturated rings. The number of nitro groups is 1. The number of hydrogen-bond acceptors (Lipinski definition) is 5. The van der Waals surface area contributed by atoms with E-state index in [2.05, 4.69) is 15.3 Å². The van der Waals surface area contributed by atoms with Crippen LogP contribution in [0.5, 0.6) is 0 Å². The van der Waals surface area contributed by atoms with Crippen LogP contribution in [0.3, 0.4) is 0 Å². The third-order valence-electron chi connectivity index (χ3n) is 2.32. The van der Waals surface area contributed by atoms with E-state index in [9.17, 15) is 19.7 Å². The Morgan fingerprint density at radius 2 is 2.05 bits per heavy atom. The first kappa shape index (κ1) is 13.2. The summed E-state index contributed by atoms with van der Waals surface area (Å²) in [5.41, 5.74) is -0.250. The van der Waals surface area contributed by atoms with Crippen molar-refractivity contribution in [2.75, 3.05) is 5.32 Å². The number of nitrogens with one attached hydrogen (secondary N) is 2. The molecule has 20 heavy (non-hydrogen) atoms. The molecule has 9 nitrogen and oxygen atoms in total. The summed E-state index contributed by atoms with van der Waals surface area (Å²) in [5, 5.41) is 21.6. The number of carboxylic acid groups (broad SMARTS) is 1. The second-order valence-corrected chi connectivity index (χ2v) is 3.68. The minimum atomic E-state index is -1.23. The number of pyridine rings is 1. The quantitative estimate of drug-likeness (QED) is 0.567. The molecule has 1 amide bonds. The number of nitrogens with zero attached hydrogens (tertiary/aromatic N) is 2. The molecular weight excluding hydrogens is 268 g/mol. The molecule has 2 aromatic heterocycles. The Morgan fingerprint density at radius 1 is 1.30 bits per heavy atom. The smallest absolute Gasteiger partial charge is 0.354 e. The van der Waals surface area contributed by atoms with Crippen LogP contribution in [0.25, 0.3) is 0 Å². The SMILES string of the molecule is O=C(O)c1cccc(NC(=O)c2ccc([N+](=O)[O-])[nH]2)n1. The first-order valence-corrected chi connectivity index (χ1v) is 5.32. The van der Waals surface area contributed by atoms with Gasteiger partial charge < -0.3 is 20.5 Å². The lowest BCUT2D eigenvalue weighted by Crippen LogP contribution is -2.14. The molecule has 0 bridgehead atoms. The van der Waals surface area contributed by atoms with Crippen molar-refractivity contribution in [3.05, 3.63) is 51.8 Å². The van der Waals surface area contributed by atoms with Gasteiger partial charge in [-0.25, -0.2) is 14.8 Å². The van der Waals surface area contributed by atoms with Gasteiger partial charge in [-0.05, 0) is 23.1 Å². The molecule has 102 valence electrons. The third kappa shape index (κ3) is 2.77. The fourth-order valence-corrected chi connectivity index (χ4v) is 1.43. The van der Waals surface area contributed by atoms with E-state index in [1.807, 2.05) is 0 Å². The fraction of sp³-hybridized carbons (Fsp3) is 0. The molecule has 2 aromatic rings. The number of rotatable bonds is 4. The number of aromatic nitrogens is 2. The Bertz CT molecular complexity index is 694. The van der Waals surface area contributed by atoms with Gasteiger partial charge >= 0.3 is 11.8 Å². The first-order chi connectivity index (χ1) is 9.47. The van der Waals surface area contributed by atoms with Crippen molar-refractivity contribution in [1.82, 2.24) is 9.97 Å². The molecule has 0 radical (unpaired) electrons. The molecule has 3 N–H and O–H groups in total. The topological polar surface area (TPSA) is 138 Å². The van der Waals surface area contributed by atoms with E-state index in [0.29, 0.717) is 0 Å². The van der Waals surface area contributed by atoms with Gasteiger partial charge in [-0.15, -0.1) is 0 Å². The van der Waals surface area contributed by atoms with Crippen molar-refractivity contribution in [2.24, 2.45) is 0 Å². The average Bonchev–Trinajstić information content (AvgIpc) is 2.88. The Hall–Kier alpha value is -3.23. The first-order valence-electron chi connectivity index (χ1n) is 5.32. The van der Waals surface area contributed by atoms with Crippen molar-refractivity contribution in [2.45, 2.75) is 0 Å². The minimum Gasteiger partial charge on any atom is -0.477 e. The number of hydrogen-bond donors (Lipinski definition) is 3. The predicted octanol–water partition coefficient (Wildman–Crippen LogP) is 1.27. The number of aromatic carboxylic acids is 1. The van der Waals surface area contributed by atoms with Gasteiger partial charge in [0.05, 0.1) is 0 Å². The molecular formula is C11H8N4O5. The molecule has 0 saturated heterocycles. The molecule has 9 heteroatoms. The van der Waals surface area contributed by atoms with E-state index >= 15 is 0 Å². The predicted molar refractivity (Wildman–Crippen MR) is 66.6 cm³/mol. The molecule has 0 aliphatic heterocycles. The number of carbonyl (C=O) groups is 2. The molecule has 0 aromatic carbocycles. The van der Waals surface area contributed by atoms with Crippen LogP contribution in [0.1, 0.15) is 21.0 Å². The lowest BCUT2D eigenvalue weighted by Gasteiger charge is -2.02. The van der Waals surface area contributed by atoms with Gasteiger partial charge in [0, 0.05) is 6.07 Å². The van der Waals surface area contributed by atoms with Crippen molar-refractivity contribution < 1.29 is 19.6 Å². The lowest BCUT2D eigenvalue weighted by atomic mass is 10.3. The van der Waals surface area contributed by atoms with Crippen LogP contribution in [-0.2, 0) is 0 Å². The highest BCUT2D eigenvalue weighted by Crippen LogP contribution is 2.12. The van der Waals surface area contributed by atoms with Crippen LogP contribution in [0, 0.1) is 10.1 Å². The van der Waals surface area contributed by atoms with E-state index in [1.54, 1.807) is 0 Å². The van der Waals surface area contributed by atoms with Gasteiger partial charge in [0.2, 0.25) is 0 Å². The highest BCUT2D eigenvalue weighted by Gasteiger charge is 2.16. The van der Waals surface area contributed by atoms with Crippen molar-refractivity contribution in [3.8, 4) is 0 Å². The van der Waals surface area contributed by atoms with Crippen LogP contribution < -0.4 is 5.32 Å². The molecule has 0 unspecified atom stereocenters. The summed E-state index contributed by atoms with van der Waals surface area (Å²) in [6, 6.07) is 6.49. The molecule has 2 rings (SSSR count). The zero-order valence-corrected chi connectivity index (χ0v) is 9.86. The fourth-order valence-electron chi connectivity index (χ4n) is 1.43. The normalized spacial score (nSPS) is 10.0. The van der Waals surface area contributed by atoms with E-state index in [0.717, 1.165) is 6.07 Å². The maximum Gasteiger partial charge on any atom is 0.354 e. The number of H-pyrrole nitrogens is 1. The van der Waals surface area contributed by atoms with Gasteiger partial charge in [-0.3, -0.25) is 4.79 Å². The third-order valence-corrected chi connectivity index (χ3v) is 2.32. The lowest BCUT2D eigenvalue weighted by molar-refractivity contribution is -0.389. The van der Waals surface area contributed by atoms with Crippen LogP contribution in [0.15, 0.2) is 30.3 Å². The van der Waals surface area contributed by atoms with Gasteiger partial charge in [0.25, 0.3) is 5.91 Å². The maximum atomic E-state index is 11.8. The Morgan fingerprint density at radius 3 is 2.65 bits per heavy atom. The molecule has 0 spiro atoms. The number of aromatic amines is 1. The molecule has 0 aliphatic rings. The molecule has 0 saturated carbocycles. The van der Waals surface area contributed by atoms with Crippen LogP contribution in [0.4, 0.5) is 11.6 Å². The summed E-state index contributed by atoms with van der Waals surface area (Å²) in [6.45, 7) is 0.